The van der Waals surface area contributed by atoms with Crippen LogP contribution in [0, 0.1) is 0 Å². The largest absolute Gasteiger partial charge is 0.406 e. The van der Waals surface area contributed by atoms with E-state index < -0.39 is 0 Å². The van der Waals surface area contributed by atoms with Gasteiger partial charge in [0.1, 0.15) is 0 Å². The number of nitrogens with zero attached hydrogens (tertiary/aromatic N) is 1. The van der Waals surface area contributed by atoms with Crippen molar-refractivity contribution in [2.45, 2.75) is 13.4 Å². The normalized spacial score (nSPS) is 14.1. The van der Waals surface area contributed by atoms with Gasteiger partial charge in [0.2, 0.25) is 0 Å². The van der Waals surface area contributed by atoms with Crippen LogP contribution in [0.3, 0.4) is 0 Å². The molecule has 1 aliphatic heterocycles. The quantitative estimate of drug-likeness (QED) is 0.732. The van der Waals surface area contributed by atoms with Crippen LogP contribution in [-0.4, -0.2) is 6.85 Å². The van der Waals surface area contributed by atoms with Crippen molar-refractivity contribution >= 4 is 34.5 Å². The fourth-order valence-corrected chi connectivity index (χ4v) is 2.99. The second kappa shape index (κ2) is 5.26. The van der Waals surface area contributed by atoms with E-state index in [2.05, 4.69) is 88.2 Å². The molecule has 0 amide bonds. The van der Waals surface area contributed by atoms with Crippen LogP contribution in [0.1, 0.15) is 11.1 Å². The molecule has 19 heavy (non-hydrogen) atoms. The summed E-state index contributed by atoms with van der Waals surface area (Å²) in [7, 11) is 0. The van der Waals surface area contributed by atoms with E-state index in [0.717, 1.165) is 6.54 Å². The van der Waals surface area contributed by atoms with Crippen LogP contribution in [-0.2, 0) is 6.54 Å². The average Bonchev–Trinajstić information content (AvgIpc) is 2.45. The van der Waals surface area contributed by atoms with E-state index in [1.165, 1.54) is 21.2 Å². The third-order valence-corrected chi connectivity index (χ3v) is 4.49. The molecule has 2 aromatic rings. The highest BCUT2D eigenvalue weighted by atomic mass is 79.9. The molecule has 0 saturated heterocycles. The minimum Gasteiger partial charge on any atom is -0.406 e. The molecule has 0 aromatic heterocycles. The van der Waals surface area contributed by atoms with Crippen molar-refractivity contribution in [1.29, 1.82) is 0 Å². The molecule has 0 spiro atoms. The molecule has 0 aliphatic carbocycles. The third-order valence-electron chi connectivity index (χ3n) is 3.60. The molecule has 0 saturated carbocycles. The van der Waals surface area contributed by atoms with Gasteiger partial charge in [0.05, 0.1) is 0 Å². The van der Waals surface area contributed by atoms with Crippen molar-refractivity contribution in [3.8, 4) is 0 Å². The lowest BCUT2D eigenvalue weighted by atomic mass is 9.60. The molecule has 0 fully saturated rings. The molecule has 0 unspecified atom stereocenters. The number of rotatable bonds is 2. The number of benzene rings is 2. The Bertz CT molecular complexity index is 609. The Morgan fingerprint density at radius 3 is 2.47 bits per heavy atom. The Labute approximate surface area is 123 Å². The van der Waals surface area contributed by atoms with E-state index in [1.54, 1.807) is 0 Å². The third kappa shape index (κ3) is 2.48. The summed E-state index contributed by atoms with van der Waals surface area (Å²) in [5.74, 6) is 0. The first-order valence-electron chi connectivity index (χ1n) is 6.52. The van der Waals surface area contributed by atoms with Gasteiger partial charge >= 0.3 is 0 Å². The standard InChI is InChI=1S/C16H15BBrN/c1-17-16(18)11-14-9-5-6-10-15(14)19(17)12-13-7-3-2-4-8-13/h2-11H,12H2,1H3. The molecule has 1 aliphatic rings. The van der Waals surface area contributed by atoms with Crippen molar-refractivity contribution in [1.82, 2.24) is 0 Å². The Morgan fingerprint density at radius 2 is 1.68 bits per heavy atom. The summed E-state index contributed by atoms with van der Waals surface area (Å²) in [4.78, 5) is 2.44. The highest BCUT2D eigenvalue weighted by Gasteiger charge is 2.27. The molecule has 1 heterocycles. The van der Waals surface area contributed by atoms with Gasteiger partial charge in [0.15, 0.2) is 0 Å². The Morgan fingerprint density at radius 1 is 1.00 bits per heavy atom. The summed E-state index contributed by atoms with van der Waals surface area (Å²) >= 11 is 3.70. The van der Waals surface area contributed by atoms with E-state index in [-0.39, 0.29) is 0 Å². The maximum absolute atomic E-state index is 3.70. The van der Waals surface area contributed by atoms with Crippen LogP contribution < -0.4 is 4.81 Å². The lowest BCUT2D eigenvalue weighted by Crippen LogP contribution is -2.39. The van der Waals surface area contributed by atoms with Gasteiger partial charge in [0.25, 0.3) is 6.85 Å². The SMILES string of the molecule is CB1C(Br)=Cc2ccccc2N1Cc1ccccc1. The second-order valence-electron chi connectivity index (χ2n) is 4.88. The van der Waals surface area contributed by atoms with Crippen LogP contribution in [0.15, 0.2) is 59.0 Å². The molecule has 0 radical (unpaired) electrons. The van der Waals surface area contributed by atoms with Crippen LogP contribution in [0.25, 0.3) is 6.08 Å². The molecule has 0 bridgehead atoms. The zero-order valence-electron chi connectivity index (χ0n) is 10.9. The van der Waals surface area contributed by atoms with Crippen molar-refractivity contribution in [2.75, 3.05) is 4.81 Å². The van der Waals surface area contributed by atoms with E-state index in [0.29, 0.717) is 6.85 Å². The zero-order chi connectivity index (χ0) is 13.2. The van der Waals surface area contributed by atoms with Gasteiger partial charge in [-0.15, -0.1) is 0 Å². The van der Waals surface area contributed by atoms with Gasteiger partial charge in [-0.05, 0) is 27.7 Å². The Kier molecular flexibility index (Phi) is 3.47. The van der Waals surface area contributed by atoms with Crippen LogP contribution >= 0.6 is 15.9 Å². The summed E-state index contributed by atoms with van der Waals surface area (Å²) in [5, 5.41) is 0. The molecule has 94 valence electrons. The minimum atomic E-state index is 0.370. The molecule has 1 nitrogen and oxygen atoms in total. The first kappa shape index (κ1) is 12.6. The van der Waals surface area contributed by atoms with E-state index in [9.17, 15) is 0 Å². The van der Waals surface area contributed by atoms with E-state index in [1.807, 2.05) is 0 Å². The second-order valence-corrected chi connectivity index (χ2v) is 5.79. The van der Waals surface area contributed by atoms with Crippen molar-refractivity contribution < 1.29 is 0 Å². The first-order valence-corrected chi connectivity index (χ1v) is 7.31. The molecule has 0 N–H and O–H groups in total. The number of anilines is 1. The molecule has 0 atom stereocenters. The molecule has 3 rings (SSSR count). The first-order chi connectivity index (χ1) is 9.25. The van der Waals surface area contributed by atoms with Crippen molar-refractivity contribution in [2.24, 2.45) is 0 Å². The highest BCUT2D eigenvalue weighted by Crippen LogP contribution is 2.34. The smallest absolute Gasteiger partial charge is 0.293 e. The molecule has 3 heteroatoms. The van der Waals surface area contributed by atoms with E-state index >= 15 is 0 Å². The number of hydrogen-bond acceptors (Lipinski definition) is 1. The number of hydrogen-bond donors (Lipinski definition) is 0. The minimum absolute atomic E-state index is 0.370. The van der Waals surface area contributed by atoms with Gasteiger partial charge in [-0.1, -0.05) is 71.3 Å². The topological polar surface area (TPSA) is 3.24 Å². The summed E-state index contributed by atoms with van der Waals surface area (Å²) in [6, 6.07) is 19.2. The molecular weight excluding hydrogens is 297 g/mol. The van der Waals surface area contributed by atoms with Crippen LogP contribution in [0.5, 0.6) is 0 Å². The number of fused-ring (bicyclic) bond motifs is 1. The van der Waals surface area contributed by atoms with Gasteiger partial charge in [-0.3, -0.25) is 0 Å². The van der Waals surface area contributed by atoms with Gasteiger partial charge in [-0.25, -0.2) is 0 Å². The van der Waals surface area contributed by atoms with Gasteiger partial charge in [-0.2, -0.15) is 0 Å². The predicted octanol–water partition coefficient (Wildman–Crippen LogP) is 4.60. The Balaban J connectivity index is 1.98. The monoisotopic (exact) mass is 311 g/mol. The fraction of sp³-hybridized carbons (Fsp3) is 0.125. The van der Waals surface area contributed by atoms with Crippen molar-refractivity contribution in [3.05, 3.63) is 70.1 Å². The number of halogens is 1. The molecular formula is C16H15BBrN. The predicted molar refractivity (Wildman–Crippen MR) is 87.6 cm³/mol. The maximum atomic E-state index is 3.70. The van der Waals surface area contributed by atoms with Gasteiger partial charge in [0, 0.05) is 12.2 Å². The lowest BCUT2D eigenvalue weighted by Gasteiger charge is -2.34. The van der Waals surface area contributed by atoms with Gasteiger partial charge < -0.3 is 4.81 Å². The summed E-state index contributed by atoms with van der Waals surface area (Å²) in [6.07, 6.45) is 2.22. The molecule has 2 aromatic carbocycles. The lowest BCUT2D eigenvalue weighted by molar-refractivity contribution is 1.02. The average molecular weight is 312 g/mol. The van der Waals surface area contributed by atoms with Crippen LogP contribution in [0.2, 0.25) is 6.82 Å². The fourth-order valence-electron chi connectivity index (χ4n) is 2.50. The van der Waals surface area contributed by atoms with Crippen LogP contribution in [0.4, 0.5) is 5.69 Å². The summed E-state index contributed by atoms with van der Waals surface area (Å²) in [5.41, 5.74) is 3.93. The summed E-state index contributed by atoms with van der Waals surface area (Å²) < 4.78 is 1.24. The summed E-state index contributed by atoms with van der Waals surface area (Å²) in [6.45, 7) is 3.54. The highest BCUT2D eigenvalue weighted by molar-refractivity contribution is 9.12. The Hall–Kier alpha value is -1.48. The zero-order valence-corrected chi connectivity index (χ0v) is 12.5. The van der Waals surface area contributed by atoms with E-state index in [4.69, 9.17) is 0 Å². The van der Waals surface area contributed by atoms with Crippen molar-refractivity contribution in [3.63, 3.8) is 0 Å². The maximum Gasteiger partial charge on any atom is 0.293 e. The number of para-hydroxylation sites is 1.